The molecule has 1 saturated carbocycles. The molecule has 20 heavy (non-hydrogen) atoms. The molecule has 1 aliphatic rings. The van der Waals surface area contributed by atoms with Crippen LogP contribution in [-0.4, -0.2) is 10.9 Å². The van der Waals surface area contributed by atoms with E-state index in [0.717, 1.165) is 23.4 Å². The second-order valence-electron chi connectivity index (χ2n) is 4.88. The van der Waals surface area contributed by atoms with Gasteiger partial charge in [0, 0.05) is 11.9 Å². The summed E-state index contributed by atoms with van der Waals surface area (Å²) in [5, 5.41) is 5.38. The number of nitrogens with one attached hydrogen (secondary N) is 1. The van der Waals surface area contributed by atoms with Gasteiger partial charge in [-0.15, -0.1) is 11.3 Å². The van der Waals surface area contributed by atoms with Crippen molar-refractivity contribution in [1.82, 2.24) is 10.3 Å². The summed E-state index contributed by atoms with van der Waals surface area (Å²) in [5.41, 5.74) is 6.23. The zero-order valence-corrected chi connectivity index (χ0v) is 11.5. The topological polar surface area (TPSA) is 68.0 Å². The molecular formula is C14H14FN3OS. The molecule has 0 atom stereocenters. The molecule has 0 saturated heterocycles. The maximum absolute atomic E-state index is 13.3. The van der Waals surface area contributed by atoms with E-state index in [2.05, 4.69) is 10.3 Å². The maximum Gasteiger partial charge on any atom is 0.271 e. The van der Waals surface area contributed by atoms with Gasteiger partial charge in [0.05, 0.1) is 5.54 Å². The van der Waals surface area contributed by atoms with E-state index in [1.165, 1.54) is 23.5 Å². The van der Waals surface area contributed by atoms with Gasteiger partial charge in [-0.2, -0.15) is 0 Å². The van der Waals surface area contributed by atoms with Gasteiger partial charge in [0.1, 0.15) is 16.5 Å². The second kappa shape index (κ2) is 4.96. The van der Waals surface area contributed by atoms with Gasteiger partial charge >= 0.3 is 0 Å². The largest absolute Gasteiger partial charge is 0.341 e. The van der Waals surface area contributed by atoms with Crippen LogP contribution in [-0.2, 0) is 12.1 Å². The van der Waals surface area contributed by atoms with Crippen LogP contribution in [0.3, 0.4) is 0 Å². The first-order chi connectivity index (χ1) is 9.63. The van der Waals surface area contributed by atoms with Crippen molar-refractivity contribution in [3.8, 4) is 0 Å². The third-order valence-electron chi connectivity index (χ3n) is 3.44. The van der Waals surface area contributed by atoms with Crippen molar-refractivity contribution in [1.29, 1.82) is 0 Å². The molecule has 0 radical (unpaired) electrons. The minimum Gasteiger partial charge on any atom is -0.341 e. The highest BCUT2D eigenvalue weighted by molar-refractivity contribution is 7.09. The van der Waals surface area contributed by atoms with Crippen LogP contribution in [0.4, 0.5) is 4.39 Å². The summed E-state index contributed by atoms with van der Waals surface area (Å²) in [6.07, 6.45) is 1.63. The number of aromatic nitrogens is 1. The van der Waals surface area contributed by atoms with Crippen LogP contribution >= 0.6 is 11.3 Å². The van der Waals surface area contributed by atoms with Gasteiger partial charge in [-0.3, -0.25) is 4.79 Å². The maximum atomic E-state index is 13.3. The van der Waals surface area contributed by atoms with Gasteiger partial charge < -0.3 is 11.1 Å². The zero-order valence-electron chi connectivity index (χ0n) is 10.7. The van der Waals surface area contributed by atoms with E-state index in [0.29, 0.717) is 12.2 Å². The molecule has 2 aromatic rings. The van der Waals surface area contributed by atoms with E-state index in [9.17, 15) is 9.18 Å². The molecule has 104 valence electrons. The molecule has 4 nitrogen and oxygen atoms in total. The first kappa shape index (κ1) is 13.2. The Morgan fingerprint density at radius 2 is 2.30 bits per heavy atom. The highest BCUT2D eigenvalue weighted by atomic mass is 32.1. The van der Waals surface area contributed by atoms with Crippen molar-refractivity contribution in [2.75, 3.05) is 0 Å². The second-order valence-corrected chi connectivity index (χ2v) is 5.82. The van der Waals surface area contributed by atoms with Gasteiger partial charge in [-0.05, 0) is 30.5 Å². The van der Waals surface area contributed by atoms with E-state index in [4.69, 9.17) is 5.73 Å². The molecule has 1 heterocycles. The van der Waals surface area contributed by atoms with Gasteiger partial charge in [0.15, 0.2) is 0 Å². The lowest BCUT2D eigenvalue weighted by molar-refractivity contribution is 0.0926. The van der Waals surface area contributed by atoms with E-state index < -0.39 is 5.54 Å². The third-order valence-corrected chi connectivity index (χ3v) is 4.31. The normalized spacial score (nSPS) is 15.9. The van der Waals surface area contributed by atoms with Crippen molar-refractivity contribution in [3.63, 3.8) is 0 Å². The summed E-state index contributed by atoms with van der Waals surface area (Å²) >= 11 is 1.37. The van der Waals surface area contributed by atoms with Gasteiger partial charge in [-0.1, -0.05) is 12.1 Å². The lowest BCUT2D eigenvalue weighted by Crippen LogP contribution is -2.35. The molecule has 0 bridgehead atoms. The minimum atomic E-state index is -0.439. The average molecular weight is 291 g/mol. The van der Waals surface area contributed by atoms with Gasteiger partial charge in [0.25, 0.3) is 5.91 Å². The molecule has 0 spiro atoms. The van der Waals surface area contributed by atoms with Crippen molar-refractivity contribution in [3.05, 3.63) is 51.7 Å². The van der Waals surface area contributed by atoms with Crippen LogP contribution in [0, 0.1) is 5.82 Å². The van der Waals surface area contributed by atoms with E-state index in [1.807, 2.05) is 6.07 Å². The van der Waals surface area contributed by atoms with Crippen LogP contribution in [0.25, 0.3) is 0 Å². The number of carbonyl (C=O) groups is 1. The Balaban J connectivity index is 1.78. The van der Waals surface area contributed by atoms with Crippen molar-refractivity contribution >= 4 is 17.2 Å². The number of carbonyl (C=O) groups excluding carboxylic acids is 1. The number of nitrogens with zero attached hydrogens (tertiary/aromatic N) is 1. The molecule has 1 aromatic heterocycles. The van der Waals surface area contributed by atoms with Crippen LogP contribution in [0.5, 0.6) is 0 Å². The number of hydrogen-bond acceptors (Lipinski definition) is 4. The standard InChI is InChI=1S/C14H14FN3OS/c15-10-3-1-2-9(6-10)14(4-5-14)18-13(19)11-8-20-12(7-16)17-11/h1-3,6,8H,4-5,7,16H2,(H,18,19). The minimum absolute atomic E-state index is 0.234. The Morgan fingerprint density at radius 1 is 1.50 bits per heavy atom. The van der Waals surface area contributed by atoms with Crippen molar-refractivity contribution < 1.29 is 9.18 Å². The molecule has 1 amide bonds. The summed E-state index contributed by atoms with van der Waals surface area (Å²) < 4.78 is 13.3. The molecule has 0 unspecified atom stereocenters. The predicted molar refractivity (Wildman–Crippen MR) is 74.8 cm³/mol. The summed E-state index contributed by atoms with van der Waals surface area (Å²) in [5.74, 6) is -0.523. The number of rotatable bonds is 4. The van der Waals surface area contributed by atoms with Crippen LogP contribution in [0.2, 0.25) is 0 Å². The molecular weight excluding hydrogens is 277 g/mol. The Kier molecular flexibility index (Phi) is 3.27. The first-order valence-corrected chi connectivity index (χ1v) is 7.24. The molecule has 1 fully saturated rings. The molecule has 0 aliphatic heterocycles. The molecule has 1 aliphatic carbocycles. The van der Waals surface area contributed by atoms with Crippen LogP contribution < -0.4 is 11.1 Å². The van der Waals surface area contributed by atoms with E-state index in [1.54, 1.807) is 11.4 Å². The fourth-order valence-electron chi connectivity index (χ4n) is 2.19. The molecule has 3 N–H and O–H groups in total. The van der Waals surface area contributed by atoms with E-state index >= 15 is 0 Å². The van der Waals surface area contributed by atoms with Gasteiger partial charge in [-0.25, -0.2) is 9.37 Å². The quantitative estimate of drug-likeness (QED) is 0.907. The van der Waals surface area contributed by atoms with E-state index in [-0.39, 0.29) is 11.7 Å². The monoisotopic (exact) mass is 291 g/mol. The van der Waals surface area contributed by atoms with Crippen molar-refractivity contribution in [2.45, 2.75) is 24.9 Å². The molecule has 3 rings (SSSR count). The molecule has 1 aromatic carbocycles. The predicted octanol–water partition coefficient (Wildman–Crippen LogP) is 2.16. The zero-order chi connectivity index (χ0) is 14.2. The summed E-state index contributed by atoms with van der Waals surface area (Å²) in [7, 11) is 0. The Bertz CT molecular complexity index is 651. The van der Waals surface area contributed by atoms with Gasteiger partial charge in [0.2, 0.25) is 0 Å². The fraction of sp³-hybridized carbons (Fsp3) is 0.286. The summed E-state index contributed by atoms with van der Waals surface area (Å²) in [4.78, 5) is 16.3. The summed E-state index contributed by atoms with van der Waals surface area (Å²) in [6.45, 7) is 0.326. The highest BCUT2D eigenvalue weighted by Gasteiger charge is 2.46. The van der Waals surface area contributed by atoms with Crippen molar-refractivity contribution in [2.24, 2.45) is 5.73 Å². The number of hydrogen-bond donors (Lipinski definition) is 2. The molecule has 6 heteroatoms. The highest BCUT2D eigenvalue weighted by Crippen LogP contribution is 2.45. The first-order valence-electron chi connectivity index (χ1n) is 6.36. The number of amides is 1. The average Bonchev–Trinajstić information content (AvgIpc) is 3.06. The number of thiazole rings is 1. The fourth-order valence-corrected chi connectivity index (χ4v) is 2.84. The third kappa shape index (κ3) is 2.44. The van der Waals surface area contributed by atoms with Crippen LogP contribution in [0.1, 0.15) is 33.9 Å². The Hall–Kier alpha value is -1.79. The smallest absolute Gasteiger partial charge is 0.271 e. The lowest BCUT2D eigenvalue weighted by Gasteiger charge is -2.17. The SMILES string of the molecule is NCc1nc(C(=O)NC2(c3cccc(F)c3)CC2)cs1. The number of nitrogens with two attached hydrogens (primary N) is 1. The van der Waals surface area contributed by atoms with Crippen LogP contribution in [0.15, 0.2) is 29.6 Å². The summed E-state index contributed by atoms with van der Waals surface area (Å²) in [6, 6.07) is 6.37. The lowest BCUT2D eigenvalue weighted by atomic mass is 10.0. The Labute approximate surface area is 119 Å². The Morgan fingerprint density at radius 3 is 2.90 bits per heavy atom. The number of halogens is 1. The number of benzene rings is 1.